The number of aliphatic imine (C=N–C) groups is 1. The second-order valence-electron chi connectivity index (χ2n) is 5.27. The quantitative estimate of drug-likeness (QED) is 0.522. The van der Waals surface area contributed by atoms with Gasteiger partial charge in [-0.2, -0.15) is 0 Å². The molecule has 0 amide bonds. The Bertz CT molecular complexity index is 884. The zero-order chi connectivity index (χ0) is 18.4. The van der Waals surface area contributed by atoms with E-state index in [0.29, 0.717) is 0 Å². The van der Waals surface area contributed by atoms with Gasteiger partial charge in [-0.05, 0) is 0 Å². The molecule has 0 saturated carbocycles. The molecule has 26 heavy (non-hydrogen) atoms. The Balaban J connectivity index is 2.13. The molecule has 6 heteroatoms. The van der Waals surface area contributed by atoms with Crippen molar-refractivity contribution in [3.63, 3.8) is 0 Å². The summed E-state index contributed by atoms with van der Waals surface area (Å²) in [6.07, 6.45) is 1.46. The van der Waals surface area contributed by atoms with Crippen LogP contribution in [0.3, 0.4) is 0 Å². The topological polar surface area (TPSA) is 73.7 Å². The summed E-state index contributed by atoms with van der Waals surface area (Å²) in [7, 11) is 2.69. The number of esters is 1. The summed E-state index contributed by atoms with van der Waals surface area (Å²) >= 11 is 0. The van der Waals surface area contributed by atoms with Crippen LogP contribution in [0.4, 0.5) is 5.82 Å². The largest absolute Gasteiger partial charge is 0.479 e. The average molecular weight is 347 g/mol. The first kappa shape index (κ1) is 17.3. The van der Waals surface area contributed by atoms with Gasteiger partial charge in [0.25, 0.3) is 0 Å². The number of methoxy groups -OCH3 is 2. The van der Waals surface area contributed by atoms with Gasteiger partial charge in [0, 0.05) is 11.1 Å². The minimum atomic E-state index is -0.632. The van der Waals surface area contributed by atoms with Crippen LogP contribution in [0.15, 0.2) is 71.9 Å². The predicted molar refractivity (Wildman–Crippen MR) is 98.1 cm³/mol. The fraction of sp³-hybridized carbons (Fsp3) is 0.100. The molecule has 1 aromatic heterocycles. The van der Waals surface area contributed by atoms with Gasteiger partial charge in [-0.15, -0.1) is 0 Å². The highest BCUT2D eigenvalue weighted by molar-refractivity contribution is 6.13. The van der Waals surface area contributed by atoms with E-state index in [-0.39, 0.29) is 17.4 Å². The maximum Gasteiger partial charge on any atom is 0.362 e. The summed E-state index contributed by atoms with van der Waals surface area (Å²) < 4.78 is 9.81. The molecule has 0 aliphatic rings. The number of carbonyl (C=O) groups is 1. The standard InChI is InChI=1S/C20H17N3O3/c1-25-19-18(20(24)26-2)23-16(13-21-19)22-17(14-9-5-3-6-10-14)15-11-7-4-8-12-15/h3-13H,1-2H3. The Labute approximate surface area is 151 Å². The van der Waals surface area contributed by atoms with Crippen LogP contribution in [-0.4, -0.2) is 35.9 Å². The van der Waals surface area contributed by atoms with Gasteiger partial charge in [0.05, 0.1) is 26.1 Å². The van der Waals surface area contributed by atoms with E-state index in [0.717, 1.165) is 16.8 Å². The molecule has 0 N–H and O–H groups in total. The van der Waals surface area contributed by atoms with Crippen LogP contribution in [0, 0.1) is 0 Å². The third kappa shape index (κ3) is 3.75. The minimum Gasteiger partial charge on any atom is -0.479 e. The smallest absolute Gasteiger partial charge is 0.362 e. The van der Waals surface area contributed by atoms with Gasteiger partial charge in [-0.3, -0.25) is 0 Å². The van der Waals surface area contributed by atoms with Crippen molar-refractivity contribution in [2.24, 2.45) is 4.99 Å². The van der Waals surface area contributed by atoms with E-state index in [2.05, 4.69) is 15.0 Å². The molecule has 0 spiro atoms. The maximum absolute atomic E-state index is 11.9. The fourth-order valence-electron chi connectivity index (χ4n) is 2.40. The van der Waals surface area contributed by atoms with Crippen LogP contribution in [0.5, 0.6) is 5.88 Å². The monoisotopic (exact) mass is 347 g/mol. The van der Waals surface area contributed by atoms with Gasteiger partial charge in [-0.1, -0.05) is 60.7 Å². The second kappa shape index (κ2) is 8.02. The number of rotatable bonds is 5. The lowest BCUT2D eigenvalue weighted by atomic mass is 10.0. The number of hydrogen-bond acceptors (Lipinski definition) is 6. The van der Waals surface area contributed by atoms with E-state index < -0.39 is 5.97 Å². The Morgan fingerprint density at radius 2 is 1.50 bits per heavy atom. The molecule has 0 bridgehead atoms. The number of benzene rings is 2. The molecule has 0 radical (unpaired) electrons. The Morgan fingerprint density at radius 3 is 2.00 bits per heavy atom. The zero-order valence-corrected chi connectivity index (χ0v) is 14.4. The van der Waals surface area contributed by atoms with Crippen molar-refractivity contribution in [2.45, 2.75) is 0 Å². The fourth-order valence-corrected chi connectivity index (χ4v) is 2.40. The van der Waals surface area contributed by atoms with E-state index in [1.165, 1.54) is 20.4 Å². The highest BCUT2D eigenvalue weighted by atomic mass is 16.5. The molecule has 3 rings (SSSR count). The molecule has 0 aliphatic heterocycles. The SMILES string of the molecule is COC(=O)c1nc(N=C(c2ccccc2)c2ccccc2)cnc1OC. The van der Waals surface area contributed by atoms with Crippen molar-refractivity contribution < 1.29 is 14.3 Å². The van der Waals surface area contributed by atoms with Crippen molar-refractivity contribution in [1.82, 2.24) is 9.97 Å². The third-order valence-electron chi connectivity index (χ3n) is 3.62. The van der Waals surface area contributed by atoms with Crippen LogP contribution < -0.4 is 4.74 Å². The summed E-state index contributed by atoms with van der Waals surface area (Å²) in [6.45, 7) is 0. The van der Waals surface area contributed by atoms with E-state index in [1.807, 2.05) is 60.7 Å². The second-order valence-corrected chi connectivity index (χ2v) is 5.27. The summed E-state index contributed by atoms with van der Waals surface area (Å²) in [5, 5.41) is 0. The van der Waals surface area contributed by atoms with E-state index >= 15 is 0 Å². The van der Waals surface area contributed by atoms with Crippen molar-refractivity contribution in [3.05, 3.63) is 83.7 Å². The van der Waals surface area contributed by atoms with Gasteiger partial charge in [0.15, 0.2) is 5.82 Å². The summed E-state index contributed by atoms with van der Waals surface area (Å²) in [5.74, 6) is -0.252. The Hall–Kier alpha value is -3.54. The normalized spacial score (nSPS) is 10.1. The predicted octanol–water partition coefficient (Wildman–Crippen LogP) is 3.44. The van der Waals surface area contributed by atoms with Gasteiger partial charge >= 0.3 is 5.97 Å². The molecule has 130 valence electrons. The van der Waals surface area contributed by atoms with Gasteiger partial charge < -0.3 is 9.47 Å². The number of carbonyl (C=O) groups excluding carboxylic acids is 1. The van der Waals surface area contributed by atoms with E-state index in [4.69, 9.17) is 9.47 Å². The first-order valence-corrected chi connectivity index (χ1v) is 7.92. The lowest BCUT2D eigenvalue weighted by Gasteiger charge is -2.09. The molecular weight excluding hydrogens is 330 g/mol. The zero-order valence-electron chi connectivity index (χ0n) is 14.4. The molecule has 0 atom stereocenters. The van der Waals surface area contributed by atoms with Crippen molar-refractivity contribution in [3.8, 4) is 5.88 Å². The van der Waals surface area contributed by atoms with Crippen molar-refractivity contribution in [1.29, 1.82) is 0 Å². The summed E-state index contributed by atoms with van der Waals surface area (Å²) in [4.78, 5) is 24.9. The molecule has 0 fully saturated rings. The third-order valence-corrected chi connectivity index (χ3v) is 3.62. The minimum absolute atomic E-state index is 0.0169. The average Bonchev–Trinajstić information content (AvgIpc) is 2.72. The lowest BCUT2D eigenvalue weighted by molar-refractivity contribution is 0.0589. The highest BCUT2D eigenvalue weighted by Gasteiger charge is 2.17. The van der Waals surface area contributed by atoms with Crippen LogP contribution in [0.25, 0.3) is 0 Å². The molecule has 6 nitrogen and oxygen atoms in total. The summed E-state index contributed by atoms with van der Waals surface area (Å²) in [6, 6.07) is 19.5. The number of nitrogens with zero attached hydrogens (tertiary/aromatic N) is 3. The van der Waals surface area contributed by atoms with Gasteiger partial charge in [0.1, 0.15) is 0 Å². The van der Waals surface area contributed by atoms with Crippen LogP contribution >= 0.6 is 0 Å². The number of aromatic nitrogens is 2. The Kier molecular flexibility index (Phi) is 5.34. The first-order chi connectivity index (χ1) is 12.7. The van der Waals surface area contributed by atoms with Gasteiger partial charge in [-0.25, -0.2) is 19.8 Å². The Morgan fingerprint density at radius 1 is 0.923 bits per heavy atom. The van der Waals surface area contributed by atoms with Crippen molar-refractivity contribution in [2.75, 3.05) is 14.2 Å². The van der Waals surface area contributed by atoms with Crippen LogP contribution in [0.2, 0.25) is 0 Å². The molecular formula is C20H17N3O3. The van der Waals surface area contributed by atoms with Crippen LogP contribution in [0.1, 0.15) is 21.6 Å². The summed E-state index contributed by atoms with van der Waals surface area (Å²) in [5.41, 5.74) is 2.56. The number of ether oxygens (including phenoxy) is 2. The lowest BCUT2D eigenvalue weighted by Crippen LogP contribution is -2.09. The highest BCUT2D eigenvalue weighted by Crippen LogP contribution is 2.20. The van der Waals surface area contributed by atoms with Crippen LogP contribution in [-0.2, 0) is 4.74 Å². The van der Waals surface area contributed by atoms with Crippen molar-refractivity contribution >= 4 is 17.5 Å². The first-order valence-electron chi connectivity index (χ1n) is 7.92. The molecule has 2 aromatic carbocycles. The van der Waals surface area contributed by atoms with E-state index in [1.54, 1.807) is 0 Å². The molecule has 0 saturated heterocycles. The number of hydrogen-bond donors (Lipinski definition) is 0. The maximum atomic E-state index is 11.9. The molecule has 1 heterocycles. The van der Waals surface area contributed by atoms with Gasteiger partial charge in [0.2, 0.25) is 11.6 Å². The molecule has 0 aliphatic carbocycles. The molecule has 0 unspecified atom stereocenters. The van der Waals surface area contributed by atoms with E-state index in [9.17, 15) is 4.79 Å². The molecule has 3 aromatic rings.